The lowest BCUT2D eigenvalue weighted by atomic mass is 9.95. The minimum atomic E-state index is -0.152. The van der Waals surface area contributed by atoms with E-state index in [0.717, 1.165) is 68.3 Å². The molecular formula is C28H39N5O5. The van der Waals surface area contributed by atoms with Gasteiger partial charge in [-0.25, -0.2) is 4.98 Å². The average Bonchev–Trinajstić information content (AvgIpc) is 3.24. The quantitative estimate of drug-likeness (QED) is 0.470. The van der Waals surface area contributed by atoms with Crippen LogP contribution < -0.4 is 24.7 Å². The average molecular weight is 526 g/mol. The Bertz CT molecular complexity index is 1280. The van der Waals surface area contributed by atoms with Crippen molar-refractivity contribution in [2.75, 3.05) is 25.1 Å². The second kappa shape index (κ2) is 11.6. The Kier molecular flexibility index (Phi) is 8.40. The lowest BCUT2D eigenvalue weighted by Crippen LogP contribution is -2.42. The molecule has 10 nitrogen and oxygen atoms in total. The summed E-state index contributed by atoms with van der Waals surface area (Å²) in [6, 6.07) is 4.49. The Morgan fingerprint density at radius 1 is 0.868 bits per heavy atom. The van der Waals surface area contributed by atoms with Crippen LogP contribution in [0.25, 0.3) is 11.0 Å². The molecule has 6 rings (SSSR count). The van der Waals surface area contributed by atoms with Crippen LogP contribution in [0.4, 0.5) is 5.69 Å². The van der Waals surface area contributed by atoms with E-state index in [1.165, 1.54) is 6.20 Å². The Balaban J connectivity index is 0.00000168. The zero-order chi connectivity index (χ0) is 24.6. The number of hydrogen-bond acceptors (Lipinski definition) is 9. The number of ether oxygens (including phenoxy) is 4. The third-order valence-electron chi connectivity index (χ3n) is 7.46. The van der Waals surface area contributed by atoms with Crippen LogP contribution in [-0.2, 0) is 11.8 Å². The van der Waals surface area contributed by atoms with Gasteiger partial charge in [0.05, 0.1) is 49.5 Å². The van der Waals surface area contributed by atoms with Crippen molar-refractivity contribution in [1.82, 2.24) is 19.5 Å². The van der Waals surface area contributed by atoms with Gasteiger partial charge in [0.25, 0.3) is 5.56 Å². The van der Waals surface area contributed by atoms with Crippen LogP contribution in [0.5, 0.6) is 17.5 Å². The maximum absolute atomic E-state index is 12.4. The number of morpholine rings is 1. The van der Waals surface area contributed by atoms with Crippen LogP contribution in [0.2, 0.25) is 0 Å². The summed E-state index contributed by atoms with van der Waals surface area (Å²) >= 11 is 0. The van der Waals surface area contributed by atoms with Crippen molar-refractivity contribution in [2.45, 2.75) is 77.8 Å². The second-order valence-corrected chi connectivity index (χ2v) is 9.87. The minimum absolute atomic E-state index is 0. The predicted molar refractivity (Wildman–Crippen MR) is 146 cm³/mol. The van der Waals surface area contributed by atoms with Crippen LogP contribution in [0.3, 0.4) is 0 Å². The zero-order valence-electron chi connectivity index (χ0n) is 20.6. The van der Waals surface area contributed by atoms with E-state index in [4.69, 9.17) is 18.9 Å². The smallest absolute Gasteiger partial charge is 0.316 e. The molecule has 0 amide bonds. The molecule has 2 aromatic heterocycles. The standard InChI is InChI=1S/C26H31N5O5.2CH4/c1-30-24(32)13-27-22-9-16(31-14-19-7-8-20(15-31)34-19)10-23(25(22)30)35-17-3-5-18(6-4-17)36-26-28-11-21(33-2)12-29-26;;/h9-13,17-20H,3-8,14-15H2,1-2H3;2*1H4. The van der Waals surface area contributed by atoms with Gasteiger partial charge in [-0.1, -0.05) is 14.9 Å². The Morgan fingerprint density at radius 3 is 2.13 bits per heavy atom. The fraction of sp³-hybridized carbons (Fsp3) is 0.571. The highest BCUT2D eigenvalue weighted by Gasteiger charge is 2.34. The summed E-state index contributed by atoms with van der Waals surface area (Å²) in [5.41, 5.74) is 2.41. The molecule has 2 unspecified atom stereocenters. The molecule has 4 heterocycles. The summed E-state index contributed by atoms with van der Waals surface area (Å²) in [5.74, 6) is 1.31. The molecule has 206 valence electrons. The van der Waals surface area contributed by atoms with Gasteiger partial charge in [-0.15, -0.1) is 0 Å². The molecule has 0 spiro atoms. The predicted octanol–water partition coefficient (Wildman–Crippen LogP) is 4.14. The molecule has 38 heavy (non-hydrogen) atoms. The Hall–Kier alpha value is -3.40. The van der Waals surface area contributed by atoms with Crippen molar-refractivity contribution < 1.29 is 18.9 Å². The number of hydrogen-bond donors (Lipinski definition) is 0. The van der Waals surface area contributed by atoms with Gasteiger partial charge in [-0.2, -0.15) is 9.97 Å². The maximum Gasteiger partial charge on any atom is 0.316 e. The first-order chi connectivity index (χ1) is 17.6. The fourth-order valence-electron chi connectivity index (χ4n) is 5.50. The number of nitrogens with zero attached hydrogens (tertiary/aromatic N) is 5. The monoisotopic (exact) mass is 525 g/mol. The summed E-state index contributed by atoms with van der Waals surface area (Å²) < 4.78 is 25.3. The number of rotatable bonds is 6. The van der Waals surface area contributed by atoms with Gasteiger partial charge in [0.1, 0.15) is 17.4 Å². The zero-order valence-corrected chi connectivity index (χ0v) is 20.6. The molecule has 0 N–H and O–H groups in total. The molecule has 2 atom stereocenters. The number of aryl methyl sites for hydroxylation is 1. The van der Waals surface area contributed by atoms with E-state index in [1.807, 2.05) is 0 Å². The summed E-state index contributed by atoms with van der Waals surface area (Å²) in [5, 5.41) is 0. The number of aromatic nitrogens is 4. The van der Waals surface area contributed by atoms with Gasteiger partial charge in [0.15, 0.2) is 5.75 Å². The van der Waals surface area contributed by atoms with Crippen LogP contribution >= 0.6 is 0 Å². The van der Waals surface area contributed by atoms with E-state index < -0.39 is 0 Å². The van der Waals surface area contributed by atoms with Gasteiger partial charge in [0.2, 0.25) is 0 Å². The first kappa shape index (κ1) is 27.6. The highest BCUT2D eigenvalue weighted by atomic mass is 16.5. The van der Waals surface area contributed by atoms with Crippen molar-refractivity contribution in [3.8, 4) is 17.5 Å². The first-order valence-corrected chi connectivity index (χ1v) is 12.7. The molecule has 3 aliphatic rings. The maximum atomic E-state index is 12.4. The van der Waals surface area contributed by atoms with Crippen molar-refractivity contribution in [1.29, 1.82) is 0 Å². The molecule has 2 saturated heterocycles. The second-order valence-electron chi connectivity index (χ2n) is 9.87. The van der Waals surface area contributed by atoms with Crippen LogP contribution in [0.15, 0.2) is 35.5 Å². The molecule has 1 saturated carbocycles. The first-order valence-electron chi connectivity index (χ1n) is 12.7. The van der Waals surface area contributed by atoms with E-state index in [2.05, 4.69) is 32.0 Å². The number of fused-ring (bicyclic) bond motifs is 3. The summed E-state index contributed by atoms with van der Waals surface area (Å²) in [6.45, 7) is 1.73. The molecule has 2 bridgehead atoms. The summed E-state index contributed by atoms with van der Waals surface area (Å²) in [7, 11) is 3.35. The molecule has 2 aliphatic heterocycles. The van der Waals surface area contributed by atoms with E-state index in [-0.39, 0.29) is 44.8 Å². The van der Waals surface area contributed by atoms with E-state index in [0.29, 0.717) is 17.5 Å². The SMILES string of the molecule is C.C.COc1cnc(OC2CCC(Oc3cc(N4CC5CCC(C4)O5)cc4ncc(=O)n(C)c34)CC2)nc1. The van der Waals surface area contributed by atoms with Gasteiger partial charge >= 0.3 is 6.01 Å². The third-order valence-corrected chi connectivity index (χ3v) is 7.46. The molecule has 1 aliphatic carbocycles. The number of methoxy groups -OCH3 is 1. The molecular weight excluding hydrogens is 486 g/mol. The van der Waals surface area contributed by atoms with Crippen molar-refractivity contribution in [2.24, 2.45) is 7.05 Å². The lowest BCUT2D eigenvalue weighted by Gasteiger charge is -2.34. The van der Waals surface area contributed by atoms with E-state index >= 15 is 0 Å². The summed E-state index contributed by atoms with van der Waals surface area (Å²) in [4.78, 5) is 27.6. The van der Waals surface area contributed by atoms with Gasteiger partial charge in [-0.3, -0.25) is 4.79 Å². The molecule has 3 aromatic rings. The highest BCUT2D eigenvalue weighted by molar-refractivity contribution is 5.86. The number of anilines is 1. The Morgan fingerprint density at radius 2 is 1.50 bits per heavy atom. The van der Waals surface area contributed by atoms with Gasteiger partial charge < -0.3 is 28.4 Å². The van der Waals surface area contributed by atoms with Crippen LogP contribution in [0, 0.1) is 0 Å². The summed E-state index contributed by atoms with van der Waals surface area (Å²) in [6.07, 6.45) is 10.8. The molecule has 10 heteroatoms. The molecule has 1 aromatic carbocycles. The van der Waals surface area contributed by atoms with Crippen LogP contribution in [0.1, 0.15) is 53.4 Å². The van der Waals surface area contributed by atoms with E-state index in [1.54, 1.807) is 31.1 Å². The van der Waals surface area contributed by atoms with Gasteiger partial charge in [-0.05, 0) is 44.6 Å². The van der Waals surface area contributed by atoms with Crippen LogP contribution in [-0.4, -0.2) is 64.1 Å². The normalized spacial score (nSPS) is 24.3. The van der Waals surface area contributed by atoms with Crippen molar-refractivity contribution >= 4 is 16.7 Å². The fourth-order valence-corrected chi connectivity index (χ4v) is 5.50. The van der Waals surface area contributed by atoms with E-state index in [9.17, 15) is 4.79 Å². The lowest BCUT2D eigenvalue weighted by molar-refractivity contribution is 0.0304. The van der Waals surface area contributed by atoms with Crippen molar-refractivity contribution in [3.05, 3.63) is 41.1 Å². The van der Waals surface area contributed by atoms with Crippen molar-refractivity contribution in [3.63, 3.8) is 0 Å². The molecule has 3 fully saturated rings. The largest absolute Gasteiger partial charge is 0.494 e. The number of benzene rings is 1. The molecule has 0 radical (unpaired) electrons. The third kappa shape index (κ3) is 5.55. The van der Waals surface area contributed by atoms with Gasteiger partial charge in [0, 0.05) is 31.9 Å². The topological polar surface area (TPSA) is 101 Å². The minimum Gasteiger partial charge on any atom is -0.494 e. The Labute approximate surface area is 223 Å². The highest BCUT2D eigenvalue weighted by Crippen LogP contribution is 2.36.